The lowest BCUT2D eigenvalue weighted by molar-refractivity contribution is -0.886. The van der Waals surface area contributed by atoms with Crippen molar-refractivity contribution in [2.24, 2.45) is 0 Å². The molecule has 8 heteroatoms. The van der Waals surface area contributed by atoms with E-state index >= 15 is 0 Å². The summed E-state index contributed by atoms with van der Waals surface area (Å²) in [7, 11) is 8.35. The van der Waals surface area contributed by atoms with Crippen LogP contribution in [0.2, 0.25) is 0 Å². The standard InChI is InChI=1S/C16H22N4O4/c1-19(2)15(21)9-20(3)8-14-17-11-7-13(24-5)12(23-4)6-10(11)16(22)18-14/h6-7H,8-9H2,1-5H3,(H,17,18,22)/p+1. The lowest BCUT2D eigenvalue weighted by atomic mass is 10.2. The van der Waals surface area contributed by atoms with Crippen LogP contribution in [0.5, 0.6) is 11.5 Å². The summed E-state index contributed by atoms with van der Waals surface area (Å²) < 4.78 is 10.5. The predicted octanol–water partition coefficient (Wildman–Crippen LogP) is -0.957. The highest BCUT2D eigenvalue weighted by Gasteiger charge is 2.15. The van der Waals surface area contributed by atoms with E-state index in [2.05, 4.69) is 9.97 Å². The summed E-state index contributed by atoms with van der Waals surface area (Å²) in [5.41, 5.74) is 0.279. The van der Waals surface area contributed by atoms with Gasteiger partial charge in [-0.05, 0) is 6.07 Å². The second kappa shape index (κ2) is 7.31. The molecule has 1 amide bonds. The number of aromatic nitrogens is 2. The maximum Gasteiger partial charge on any atom is 0.277 e. The van der Waals surface area contributed by atoms with Crippen molar-refractivity contribution in [3.8, 4) is 11.5 Å². The first-order valence-corrected chi connectivity index (χ1v) is 7.52. The lowest BCUT2D eigenvalue weighted by Gasteiger charge is -2.16. The first kappa shape index (κ1) is 17.7. The van der Waals surface area contributed by atoms with Crippen molar-refractivity contribution in [1.29, 1.82) is 0 Å². The monoisotopic (exact) mass is 335 g/mol. The Kier molecular flexibility index (Phi) is 5.40. The highest BCUT2D eigenvalue weighted by molar-refractivity contribution is 5.81. The molecule has 0 saturated heterocycles. The van der Waals surface area contributed by atoms with E-state index in [-0.39, 0.29) is 11.5 Å². The Balaban J connectivity index is 2.33. The van der Waals surface area contributed by atoms with Crippen molar-refractivity contribution < 1.29 is 19.2 Å². The van der Waals surface area contributed by atoms with Crippen LogP contribution in [-0.4, -0.2) is 62.7 Å². The summed E-state index contributed by atoms with van der Waals surface area (Å²) in [6.07, 6.45) is 0. The molecule has 0 aliphatic carbocycles. The third-order valence-corrected chi connectivity index (χ3v) is 3.68. The molecular weight excluding hydrogens is 312 g/mol. The van der Waals surface area contributed by atoms with Crippen LogP contribution in [0.25, 0.3) is 10.9 Å². The molecule has 2 rings (SSSR count). The average Bonchev–Trinajstić information content (AvgIpc) is 2.53. The SMILES string of the molecule is COc1cc2nc(C[NH+](C)CC(=O)N(C)C)[nH]c(=O)c2cc1OC. The number of methoxy groups -OCH3 is 2. The maximum atomic E-state index is 12.3. The highest BCUT2D eigenvalue weighted by atomic mass is 16.5. The minimum absolute atomic E-state index is 0.0158. The second-order valence-electron chi connectivity index (χ2n) is 5.84. The average molecular weight is 335 g/mol. The molecule has 0 fully saturated rings. The molecule has 1 unspecified atom stereocenters. The quantitative estimate of drug-likeness (QED) is 0.710. The van der Waals surface area contributed by atoms with Gasteiger partial charge >= 0.3 is 0 Å². The number of hydrogen-bond donors (Lipinski definition) is 2. The number of H-pyrrole nitrogens is 1. The lowest BCUT2D eigenvalue weighted by Crippen LogP contribution is -3.09. The zero-order valence-corrected chi connectivity index (χ0v) is 14.6. The molecule has 24 heavy (non-hydrogen) atoms. The first-order valence-electron chi connectivity index (χ1n) is 7.52. The van der Waals surface area contributed by atoms with Crippen LogP contribution in [0.4, 0.5) is 0 Å². The Morgan fingerprint density at radius 2 is 1.88 bits per heavy atom. The van der Waals surface area contributed by atoms with Crippen LogP contribution in [0.15, 0.2) is 16.9 Å². The van der Waals surface area contributed by atoms with Crippen molar-refractivity contribution in [1.82, 2.24) is 14.9 Å². The van der Waals surface area contributed by atoms with Gasteiger partial charge in [0, 0.05) is 20.2 Å². The Labute approximate surface area is 140 Å². The zero-order valence-electron chi connectivity index (χ0n) is 14.6. The molecule has 0 spiro atoms. The molecule has 0 aliphatic rings. The molecule has 8 nitrogen and oxygen atoms in total. The summed E-state index contributed by atoms with van der Waals surface area (Å²) in [6, 6.07) is 3.28. The molecule has 2 N–H and O–H groups in total. The van der Waals surface area contributed by atoms with E-state index in [1.165, 1.54) is 19.1 Å². The minimum atomic E-state index is -0.248. The zero-order chi connectivity index (χ0) is 17.9. The van der Waals surface area contributed by atoms with E-state index in [0.29, 0.717) is 41.3 Å². The van der Waals surface area contributed by atoms with Gasteiger partial charge in [0.25, 0.3) is 11.5 Å². The molecule has 0 radical (unpaired) electrons. The Hall–Kier alpha value is -2.61. The van der Waals surface area contributed by atoms with Crippen LogP contribution in [-0.2, 0) is 11.3 Å². The van der Waals surface area contributed by atoms with Gasteiger partial charge in [-0.3, -0.25) is 9.59 Å². The summed E-state index contributed by atoms with van der Waals surface area (Å²) in [5, 5.41) is 0.429. The number of rotatable bonds is 6. The number of likely N-dealkylation sites (N-methyl/N-ethyl adjacent to an activating group) is 2. The van der Waals surface area contributed by atoms with E-state index in [9.17, 15) is 9.59 Å². The van der Waals surface area contributed by atoms with Gasteiger partial charge in [-0.2, -0.15) is 0 Å². The van der Waals surface area contributed by atoms with Gasteiger partial charge in [0.15, 0.2) is 23.9 Å². The number of quaternary nitrogens is 1. The maximum absolute atomic E-state index is 12.3. The molecular formula is C16H23N4O4+. The highest BCUT2D eigenvalue weighted by Crippen LogP contribution is 2.29. The molecule has 0 aliphatic heterocycles. The first-order chi connectivity index (χ1) is 11.3. The summed E-state index contributed by atoms with van der Waals surface area (Å²) in [5.74, 6) is 1.52. The number of benzene rings is 1. The number of fused-ring (bicyclic) bond motifs is 1. The van der Waals surface area contributed by atoms with Gasteiger partial charge in [0.2, 0.25) is 0 Å². The third kappa shape index (κ3) is 3.83. The Morgan fingerprint density at radius 3 is 2.46 bits per heavy atom. The molecule has 1 atom stereocenters. The van der Waals surface area contributed by atoms with Gasteiger partial charge < -0.3 is 24.3 Å². The smallest absolute Gasteiger partial charge is 0.277 e. The van der Waals surface area contributed by atoms with E-state index in [1.807, 2.05) is 7.05 Å². The van der Waals surface area contributed by atoms with E-state index in [4.69, 9.17) is 9.47 Å². The number of amides is 1. The number of carbonyl (C=O) groups excluding carboxylic acids is 1. The molecule has 130 valence electrons. The van der Waals surface area contributed by atoms with Crippen LogP contribution in [0, 0.1) is 0 Å². The molecule has 0 bridgehead atoms. The van der Waals surface area contributed by atoms with Crippen LogP contribution < -0.4 is 19.9 Å². The van der Waals surface area contributed by atoms with Gasteiger partial charge in [0.05, 0.1) is 32.2 Å². The topological polar surface area (TPSA) is 89.0 Å². The van der Waals surface area contributed by atoms with Crippen LogP contribution >= 0.6 is 0 Å². The fourth-order valence-electron chi connectivity index (χ4n) is 2.36. The molecule has 0 saturated carbocycles. The molecule has 1 aromatic carbocycles. The van der Waals surface area contributed by atoms with Crippen molar-refractivity contribution in [3.63, 3.8) is 0 Å². The number of nitrogens with zero attached hydrogens (tertiary/aromatic N) is 2. The van der Waals surface area contributed by atoms with Crippen molar-refractivity contribution in [3.05, 3.63) is 28.3 Å². The van der Waals surface area contributed by atoms with E-state index < -0.39 is 0 Å². The third-order valence-electron chi connectivity index (χ3n) is 3.68. The number of hydrogen-bond acceptors (Lipinski definition) is 5. The Bertz CT molecular complexity index is 800. The van der Waals surface area contributed by atoms with E-state index in [1.54, 1.807) is 26.2 Å². The van der Waals surface area contributed by atoms with Gasteiger partial charge in [-0.15, -0.1) is 0 Å². The normalized spacial score (nSPS) is 12.0. The van der Waals surface area contributed by atoms with Gasteiger partial charge in [-0.25, -0.2) is 4.98 Å². The number of nitrogens with one attached hydrogen (secondary N) is 2. The minimum Gasteiger partial charge on any atom is -0.493 e. The van der Waals surface area contributed by atoms with Crippen molar-refractivity contribution in [2.75, 3.05) is 41.9 Å². The summed E-state index contributed by atoms with van der Waals surface area (Å²) in [4.78, 5) is 33.8. The summed E-state index contributed by atoms with van der Waals surface area (Å²) in [6.45, 7) is 0.750. The largest absolute Gasteiger partial charge is 0.493 e. The molecule has 1 aromatic heterocycles. The van der Waals surface area contributed by atoms with Crippen LogP contribution in [0.3, 0.4) is 0 Å². The van der Waals surface area contributed by atoms with Crippen molar-refractivity contribution >= 4 is 16.8 Å². The number of ether oxygens (including phenoxy) is 2. The van der Waals surface area contributed by atoms with Crippen molar-refractivity contribution in [2.45, 2.75) is 6.54 Å². The van der Waals surface area contributed by atoms with E-state index in [0.717, 1.165) is 4.90 Å². The van der Waals surface area contributed by atoms with Crippen LogP contribution in [0.1, 0.15) is 5.82 Å². The number of aromatic amines is 1. The summed E-state index contributed by atoms with van der Waals surface area (Å²) >= 11 is 0. The van der Waals surface area contributed by atoms with Gasteiger partial charge in [-0.1, -0.05) is 0 Å². The predicted molar refractivity (Wildman–Crippen MR) is 89.6 cm³/mol. The van der Waals surface area contributed by atoms with Gasteiger partial charge in [0.1, 0.15) is 6.54 Å². The second-order valence-corrected chi connectivity index (χ2v) is 5.84. The molecule has 1 heterocycles. The molecule has 2 aromatic rings. The number of carbonyl (C=O) groups is 1. The fourth-order valence-corrected chi connectivity index (χ4v) is 2.36. The fraction of sp³-hybridized carbons (Fsp3) is 0.438. The Morgan fingerprint density at radius 1 is 1.25 bits per heavy atom.